The summed E-state index contributed by atoms with van der Waals surface area (Å²) in [6, 6.07) is 9.58. The van der Waals surface area contributed by atoms with Crippen molar-refractivity contribution in [3.8, 4) is 17.2 Å². The summed E-state index contributed by atoms with van der Waals surface area (Å²) < 4.78 is 16.6. The largest absolute Gasteiger partial charge is 0.492 e. The molecule has 2 aliphatic rings. The van der Waals surface area contributed by atoms with E-state index in [0.29, 0.717) is 22.6 Å². The molecule has 0 radical (unpaired) electrons. The van der Waals surface area contributed by atoms with Crippen LogP contribution < -0.4 is 19.5 Å². The molecule has 1 N–H and O–H groups in total. The van der Waals surface area contributed by atoms with Crippen LogP contribution in [0.3, 0.4) is 0 Å². The molecule has 5 rings (SSSR count). The fourth-order valence-electron chi connectivity index (χ4n) is 3.51. The van der Waals surface area contributed by atoms with E-state index in [0.717, 1.165) is 16.2 Å². The SMILES string of the molecule is COc1c2c(c3c4c(cc5ccccc53)NC(=O)C(=O)c14)OCO2. The number of benzene rings is 3. The standard InChI is InChI=1S/C18H11NO5/c1-22-15-13-12-10(19-18(21)14(13)20)6-8-4-2-3-5-9(8)11(12)16-17(15)24-7-23-16/h2-6H,7H2,1H3,(H,19,21). The van der Waals surface area contributed by atoms with Crippen LogP contribution >= 0.6 is 0 Å². The summed E-state index contributed by atoms with van der Waals surface area (Å²) in [5.41, 5.74) is 0.793. The molecular weight excluding hydrogens is 310 g/mol. The second kappa shape index (κ2) is 4.38. The van der Waals surface area contributed by atoms with Gasteiger partial charge in [-0.15, -0.1) is 0 Å². The maximum Gasteiger partial charge on any atom is 0.296 e. The van der Waals surface area contributed by atoms with Gasteiger partial charge in [-0.3, -0.25) is 9.59 Å². The van der Waals surface area contributed by atoms with Crippen LogP contribution in [0.15, 0.2) is 30.3 Å². The van der Waals surface area contributed by atoms with Crippen molar-refractivity contribution >= 4 is 38.9 Å². The van der Waals surface area contributed by atoms with E-state index < -0.39 is 11.7 Å². The van der Waals surface area contributed by atoms with E-state index >= 15 is 0 Å². The molecule has 24 heavy (non-hydrogen) atoms. The van der Waals surface area contributed by atoms with Crippen molar-refractivity contribution in [2.24, 2.45) is 0 Å². The lowest BCUT2D eigenvalue weighted by Crippen LogP contribution is -2.27. The molecule has 2 aliphatic heterocycles. The Morgan fingerprint density at radius 3 is 2.71 bits per heavy atom. The van der Waals surface area contributed by atoms with Gasteiger partial charge in [0.1, 0.15) is 0 Å². The van der Waals surface area contributed by atoms with Crippen LogP contribution in [0.5, 0.6) is 17.2 Å². The normalized spacial score (nSPS) is 15.0. The lowest BCUT2D eigenvalue weighted by Gasteiger charge is -2.22. The number of rotatable bonds is 1. The summed E-state index contributed by atoms with van der Waals surface area (Å²) >= 11 is 0. The van der Waals surface area contributed by atoms with Crippen molar-refractivity contribution in [3.05, 3.63) is 35.9 Å². The third kappa shape index (κ3) is 1.45. The maximum atomic E-state index is 12.5. The number of amides is 1. The van der Waals surface area contributed by atoms with Gasteiger partial charge in [-0.1, -0.05) is 24.3 Å². The first kappa shape index (κ1) is 13.2. The van der Waals surface area contributed by atoms with E-state index in [2.05, 4.69) is 5.32 Å². The number of carbonyl (C=O) groups excluding carboxylic acids is 2. The molecule has 0 saturated carbocycles. The molecule has 118 valence electrons. The highest BCUT2D eigenvalue weighted by atomic mass is 16.7. The van der Waals surface area contributed by atoms with Crippen LogP contribution in [0, 0.1) is 0 Å². The molecule has 6 heteroatoms. The molecule has 0 saturated heterocycles. The second-order valence-corrected chi connectivity index (χ2v) is 5.65. The van der Waals surface area contributed by atoms with Gasteiger partial charge in [0.05, 0.1) is 18.4 Å². The number of carbonyl (C=O) groups is 2. The van der Waals surface area contributed by atoms with E-state index in [1.165, 1.54) is 7.11 Å². The molecule has 3 aromatic carbocycles. The lowest BCUT2D eigenvalue weighted by atomic mass is 9.90. The quantitative estimate of drug-likeness (QED) is 0.551. The Morgan fingerprint density at radius 1 is 1.08 bits per heavy atom. The van der Waals surface area contributed by atoms with Crippen LogP contribution in [-0.4, -0.2) is 25.6 Å². The molecule has 0 unspecified atom stereocenters. The Labute approximate surface area is 135 Å². The Bertz CT molecular complexity index is 1090. The number of ether oxygens (including phenoxy) is 3. The van der Waals surface area contributed by atoms with Crippen molar-refractivity contribution in [3.63, 3.8) is 0 Å². The molecule has 1 amide bonds. The van der Waals surface area contributed by atoms with E-state index in [4.69, 9.17) is 14.2 Å². The second-order valence-electron chi connectivity index (χ2n) is 5.65. The molecule has 2 heterocycles. The summed E-state index contributed by atoms with van der Waals surface area (Å²) in [6.45, 7) is 0.0400. The third-order valence-corrected chi connectivity index (χ3v) is 4.46. The van der Waals surface area contributed by atoms with Gasteiger partial charge < -0.3 is 19.5 Å². The summed E-state index contributed by atoms with van der Waals surface area (Å²) in [5.74, 6) is -0.182. The molecule has 3 aromatic rings. The average molecular weight is 321 g/mol. The van der Waals surface area contributed by atoms with Gasteiger partial charge in [-0.2, -0.15) is 0 Å². The van der Waals surface area contributed by atoms with Crippen molar-refractivity contribution in [1.82, 2.24) is 0 Å². The van der Waals surface area contributed by atoms with Gasteiger partial charge in [0.15, 0.2) is 11.5 Å². The third-order valence-electron chi connectivity index (χ3n) is 4.46. The van der Waals surface area contributed by atoms with Crippen LogP contribution in [0.25, 0.3) is 21.5 Å². The number of hydrogen-bond donors (Lipinski definition) is 1. The molecule has 0 bridgehead atoms. The minimum Gasteiger partial charge on any atom is -0.492 e. The van der Waals surface area contributed by atoms with Crippen molar-refractivity contribution in [2.75, 3.05) is 19.2 Å². The maximum absolute atomic E-state index is 12.5. The minimum absolute atomic E-state index is 0.0400. The number of methoxy groups -OCH3 is 1. The van der Waals surface area contributed by atoms with E-state index in [9.17, 15) is 9.59 Å². The number of ketones is 1. The topological polar surface area (TPSA) is 73.9 Å². The number of anilines is 1. The Kier molecular flexibility index (Phi) is 2.41. The summed E-state index contributed by atoms with van der Waals surface area (Å²) in [7, 11) is 1.44. The van der Waals surface area contributed by atoms with Gasteiger partial charge >= 0.3 is 0 Å². The monoisotopic (exact) mass is 321 g/mol. The zero-order valence-electron chi connectivity index (χ0n) is 12.6. The van der Waals surface area contributed by atoms with E-state index in [-0.39, 0.29) is 18.1 Å². The fourth-order valence-corrected chi connectivity index (χ4v) is 3.51. The average Bonchev–Trinajstić information content (AvgIpc) is 3.08. The molecular formula is C18H11NO5. The van der Waals surface area contributed by atoms with Gasteiger partial charge in [0, 0.05) is 10.8 Å². The van der Waals surface area contributed by atoms with Gasteiger partial charge in [0.25, 0.3) is 11.7 Å². The Hall–Kier alpha value is -3.28. The van der Waals surface area contributed by atoms with Gasteiger partial charge in [0.2, 0.25) is 12.5 Å². The summed E-state index contributed by atoms with van der Waals surface area (Å²) in [6.07, 6.45) is 0. The highest BCUT2D eigenvalue weighted by Crippen LogP contribution is 2.54. The number of nitrogens with one attached hydrogen (secondary N) is 1. The van der Waals surface area contributed by atoms with Gasteiger partial charge in [-0.05, 0) is 16.8 Å². The Balaban J connectivity index is 2.12. The first-order chi connectivity index (χ1) is 11.7. The molecule has 0 spiro atoms. The molecule has 0 aromatic heterocycles. The first-order valence-corrected chi connectivity index (χ1v) is 7.41. The van der Waals surface area contributed by atoms with Crippen molar-refractivity contribution < 1.29 is 23.8 Å². The molecule has 0 atom stereocenters. The smallest absolute Gasteiger partial charge is 0.296 e. The zero-order chi connectivity index (χ0) is 16.4. The minimum atomic E-state index is -0.684. The Morgan fingerprint density at radius 2 is 1.88 bits per heavy atom. The van der Waals surface area contributed by atoms with Crippen LogP contribution in [0.2, 0.25) is 0 Å². The lowest BCUT2D eigenvalue weighted by molar-refractivity contribution is -0.112. The first-order valence-electron chi connectivity index (χ1n) is 7.41. The van der Waals surface area contributed by atoms with Crippen molar-refractivity contribution in [1.29, 1.82) is 0 Å². The summed E-state index contributed by atoms with van der Waals surface area (Å²) in [5, 5.41) is 5.90. The summed E-state index contributed by atoms with van der Waals surface area (Å²) in [4.78, 5) is 24.6. The predicted octanol–water partition coefficient (Wildman–Crippen LogP) is 2.87. The highest BCUT2D eigenvalue weighted by molar-refractivity contribution is 6.53. The van der Waals surface area contributed by atoms with Crippen molar-refractivity contribution in [2.45, 2.75) is 0 Å². The van der Waals surface area contributed by atoms with Crippen LogP contribution in [0.1, 0.15) is 10.4 Å². The van der Waals surface area contributed by atoms with Gasteiger partial charge in [-0.25, -0.2) is 0 Å². The number of fused-ring (bicyclic) bond motifs is 4. The number of Topliss-reactive ketones (excluding diaryl/α,β-unsaturated/α-hetero) is 1. The zero-order valence-corrected chi connectivity index (χ0v) is 12.6. The molecule has 6 nitrogen and oxygen atoms in total. The molecule has 0 fully saturated rings. The van der Waals surface area contributed by atoms with E-state index in [1.807, 2.05) is 30.3 Å². The highest BCUT2D eigenvalue weighted by Gasteiger charge is 2.37. The predicted molar refractivity (Wildman–Crippen MR) is 87.1 cm³/mol. The van der Waals surface area contributed by atoms with E-state index in [1.54, 1.807) is 0 Å². The number of hydrogen-bond acceptors (Lipinski definition) is 5. The van der Waals surface area contributed by atoms with Crippen LogP contribution in [-0.2, 0) is 4.79 Å². The fraction of sp³-hybridized carbons (Fsp3) is 0.111. The van der Waals surface area contributed by atoms with Crippen LogP contribution in [0.4, 0.5) is 5.69 Å². The molecule has 0 aliphatic carbocycles.